The van der Waals surface area contributed by atoms with E-state index in [0.717, 1.165) is 12.1 Å². The van der Waals surface area contributed by atoms with Gasteiger partial charge in [-0.2, -0.15) is 5.26 Å². The number of methoxy groups -OCH3 is 2. The van der Waals surface area contributed by atoms with Crippen LogP contribution in [0, 0.1) is 23.0 Å². The number of nitrogens with zero attached hydrogens (tertiary/aromatic N) is 4. The summed E-state index contributed by atoms with van der Waals surface area (Å²) in [5, 5.41) is 19.7. The number of aromatic nitrogens is 2. The Kier molecular flexibility index (Phi) is 7.77. The molecule has 1 aliphatic heterocycles. The van der Waals surface area contributed by atoms with Gasteiger partial charge in [-0.15, -0.1) is 5.10 Å². The predicted molar refractivity (Wildman–Crippen MR) is 128 cm³/mol. The molecule has 2 heterocycles. The first-order chi connectivity index (χ1) is 17.4. The van der Waals surface area contributed by atoms with Crippen LogP contribution >= 0.6 is 0 Å². The van der Waals surface area contributed by atoms with E-state index in [4.69, 9.17) is 9.47 Å². The van der Waals surface area contributed by atoms with Gasteiger partial charge in [0.1, 0.15) is 6.07 Å². The van der Waals surface area contributed by atoms with Gasteiger partial charge in [-0.3, -0.25) is 10.2 Å². The number of urea groups is 1. The Morgan fingerprint density at radius 3 is 2.61 bits per heavy atom. The molecule has 0 spiro atoms. The quantitative estimate of drug-likeness (QED) is 0.496. The number of halogens is 2. The summed E-state index contributed by atoms with van der Waals surface area (Å²) in [7, 11) is 2.99. The summed E-state index contributed by atoms with van der Waals surface area (Å²) in [5.74, 6) is -1.93. The lowest BCUT2D eigenvalue weighted by Crippen LogP contribution is -2.42. The molecule has 0 radical (unpaired) electrons. The highest BCUT2D eigenvalue weighted by Crippen LogP contribution is 2.30. The van der Waals surface area contributed by atoms with Crippen LogP contribution in [-0.2, 0) is 4.74 Å². The molecule has 1 fully saturated rings. The minimum atomic E-state index is -0.941. The molecule has 2 atom stereocenters. The minimum Gasteiger partial charge on any atom is -0.479 e. The third-order valence-electron chi connectivity index (χ3n) is 6.09. The SMILES string of the molecule is COCCN1C[C@@H](NC(=O)Nc2c(C#N)c(OC)nn2-c2ccccc2)[C@H](c2ccc(F)c(F)c2)C1. The van der Waals surface area contributed by atoms with Gasteiger partial charge in [-0.05, 0) is 29.8 Å². The zero-order valence-electron chi connectivity index (χ0n) is 19.9. The van der Waals surface area contributed by atoms with Crippen molar-refractivity contribution >= 4 is 11.8 Å². The van der Waals surface area contributed by atoms with Crippen LogP contribution in [0.3, 0.4) is 0 Å². The summed E-state index contributed by atoms with van der Waals surface area (Å²) in [6.45, 7) is 2.11. The Morgan fingerprint density at radius 2 is 1.94 bits per heavy atom. The van der Waals surface area contributed by atoms with Crippen molar-refractivity contribution in [3.05, 3.63) is 71.3 Å². The molecule has 4 rings (SSSR count). The van der Waals surface area contributed by atoms with Gasteiger partial charge in [0.25, 0.3) is 5.88 Å². The number of anilines is 1. The molecule has 2 N–H and O–H groups in total. The van der Waals surface area contributed by atoms with Gasteiger partial charge in [0.05, 0.1) is 25.4 Å². The molecule has 1 aliphatic rings. The molecular formula is C25H26F2N6O3. The van der Waals surface area contributed by atoms with Crippen molar-refractivity contribution in [3.8, 4) is 17.6 Å². The fourth-order valence-corrected chi connectivity index (χ4v) is 4.34. The highest BCUT2D eigenvalue weighted by Gasteiger charge is 2.35. The standard InChI is InChI=1S/C25H26F2N6O3/c1-35-11-10-32-14-19(16-8-9-20(26)21(27)12-16)22(15-32)29-25(34)30-23-18(13-28)24(36-2)31-33(23)17-6-4-3-5-7-17/h3-9,12,19,22H,10-11,14-15H2,1-2H3,(H2,29,30,34)/t19-,22+/m0/s1. The summed E-state index contributed by atoms with van der Waals surface area (Å²) in [6, 6.07) is 13.8. The number of likely N-dealkylation sites (tertiary alicyclic amines) is 1. The highest BCUT2D eigenvalue weighted by molar-refractivity contribution is 5.91. The monoisotopic (exact) mass is 496 g/mol. The Hall–Kier alpha value is -4.01. The van der Waals surface area contributed by atoms with E-state index < -0.39 is 23.7 Å². The van der Waals surface area contributed by atoms with Gasteiger partial charge in [0.15, 0.2) is 23.0 Å². The van der Waals surface area contributed by atoms with Gasteiger partial charge in [0, 0.05) is 32.7 Å². The molecule has 1 saturated heterocycles. The molecule has 0 saturated carbocycles. The van der Waals surface area contributed by atoms with E-state index in [1.54, 1.807) is 31.4 Å². The topological polar surface area (TPSA) is 104 Å². The maximum atomic E-state index is 14.0. The van der Waals surface area contributed by atoms with Gasteiger partial charge in [0.2, 0.25) is 0 Å². The van der Waals surface area contributed by atoms with Gasteiger partial charge in [-0.1, -0.05) is 24.3 Å². The largest absolute Gasteiger partial charge is 0.479 e. The van der Waals surface area contributed by atoms with E-state index in [2.05, 4.69) is 20.6 Å². The number of nitriles is 1. The van der Waals surface area contributed by atoms with Crippen molar-refractivity contribution in [2.75, 3.05) is 45.8 Å². The van der Waals surface area contributed by atoms with Crippen molar-refractivity contribution in [2.45, 2.75) is 12.0 Å². The molecule has 36 heavy (non-hydrogen) atoms. The first kappa shape index (κ1) is 25.1. The van der Waals surface area contributed by atoms with Crippen LogP contribution in [0.25, 0.3) is 5.69 Å². The Bertz CT molecular complexity index is 1260. The second kappa shape index (κ2) is 11.2. The molecule has 2 aromatic carbocycles. The molecule has 1 aromatic heterocycles. The minimum absolute atomic E-state index is 0.0711. The van der Waals surface area contributed by atoms with Crippen molar-refractivity contribution in [2.24, 2.45) is 0 Å². The third-order valence-corrected chi connectivity index (χ3v) is 6.09. The number of amides is 2. The molecule has 2 amide bonds. The summed E-state index contributed by atoms with van der Waals surface area (Å²) in [6.07, 6.45) is 0. The summed E-state index contributed by atoms with van der Waals surface area (Å²) in [4.78, 5) is 15.2. The van der Waals surface area contributed by atoms with Gasteiger partial charge < -0.3 is 14.8 Å². The maximum absolute atomic E-state index is 14.0. The fourth-order valence-electron chi connectivity index (χ4n) is 4.34. The van der Waals surface area contributed by atoms with E-state index in [-0.39, 0.29) is 23.2 Å². The number of nitrogens with one attached hydrogen (secondary N) is 2. The van der Waals surface area contributed by atoms with Crippen molar-refractivity contribution < 1.29 is 23.0 Å². The Labute approximate surface area is 207 Å². The van der Waals surface area contributed by atoms with Gasteiger partial charge in [-0.25, -0.2) is 18.3 Å². The second-order valence-electron chi connectivity index (χ2n) is 8.33. The lowest BCUT2D eigenvalue weighted by Gasteiger charge is -2.21. The number of carbonyl (C=O) groups is 1. The number of hydrogen-bond donors (Lipinski definition) is 2. The zero-order valence-corrected chi connectivity index (χ0v) is 19.9. The third kappa shape index (κ3) is 5.30. The molecule has 9 nitrogen and oxygen atoms in total. The Morgan fingerprint density at radius 1 is 1.17 bits per heavy atom. The van der Waals surface area contributed by atoms with E-state index in [1.807, 2.05) is 12.1 Å². The summed E-state index contributed by atoms with van der Waals surface area (Å²) >= 11 is 0. The van der Waals surface area contributed by atoms with Crippen LogP contribution in [-0.4, -0.2) is 67.2 Å². The second-order valence-corrected chi connectivity index (χ2v) is 8.33. The molecule has 0 bridgehead atoms. The van der Waals surface area contributed by atoms with Crippen molar-refractivity contribution in [3.63, 3.8) is 0 Å². The molecule has 0 unspecified atom stereocenters. The van der Waals surface area contributed by atoms with E-state index >= 15 is 0 Å². The van der Waals surface area contributed by atoms with Crippen LogP contribution < -0.4 is 15.4 Å². The number of hydrogen-bond acceptors (Lipinski definition) is 6. The van der Waals surface area contributed by atoms with Crippen LogP contribution in [0.2, 0.25) is 0 Å². The van der Waals surface area contributed by atoms with E-state index in [9.17, 15) is 18.8 Å². The smallest absolute Gasteiger partial charge is 0.320 e. The van der Waals surface area contributed by atoms with E-state index in [1.165, 1.54) is 17.9 Å². The zero-order chi connectivity index (χ0) is 25.7. The lowest BCUT2D eigenvalue weighted by atomic mass is 9.94. The summed E-state index contributed by atoms with van der Waals surface area (Å²) < 4.78 is 39.3. The average Bonchev–Trinajstić information content (AvgIpc) is 3.45. The first-order valence-electron chi connectivity index (χ1n) is 11.3. The molecule has 3 aromatic rings. The van der Waals surface area contributed by atoms with Crippen molar-refractivity contribution in [1.29, 1.82) is 5.26 Å². The van der Waals surface area contributed by atoms with Crippen LogP contribution in [0.15, 0.2) is 48.5 Å². The number of ether oxygens (including phenoxy) is 2. The molecule has 11 heteroatoms. The molecule has 188 valence electrons. The highest BCUT2D eigenvalue weighted by atomic mass is 19.2. The number of carbonyl (C=O) groups excluding carboxylic acids is 1. The first-order valence-corrected chi connectivity index (χ1v) is 11.3. The normalized spacial score (nSPS) is 17.5. The predicted octanol–water partition coefficient (Wildman–Crippen LogP) is 3.27. The number of benzene rings is 2. The molecular weight excluding hydrogens is 470 g/mol. The fraction of sp³-hybridized carbons (Fsp3) is 0.320. The van der Waals surface area contributed by atoms with Crippen LogP contribution in [0.1, 0.15) is 17.0 Å². The number of rotatable bonds is 8. The van der Waals surface area contributed by atoms with Crippen LogP contribution in [0.4, 0.5) is 19.4 Å². The lowest BCUT2D eigenvalue weighted by molar-refractivity contribution is 0.159. The Balaban J connectivity index is 1.59. The summed E-state index contributed by atoms with van der Waals surface area (Å²) in [5.41, 5.74) is 1.27. The van der Waals surface area contributed by atoms with Crippen LogP contribution in [0.5, 0.6) is 5.88 Å². The van der Waals surface area contributed by atoms with E-state index in [0.29, 0.717) is 37.5 Å². The van der Waals surface area contributed by atoms with Crippen molar-refractivity contribution in [1.82, 2.24) is 20.0 Å². The maximum Gasteiger partial charge on any atom is 0.320 e. The number of para-hydroxylation sites is 1. The van der Waals surface area contributed by atoms with Gasteiger partial charge >= 0.3 is 6.03 Å². The molecule has 0 aliphatic carbocycles. The average molecular weight is 497 g/mol.